The number of carbonyl (C=O) groups is 2. The van der Waals surface area contributed by atoms with Gasteiger partial charge >= 0.3 is 5.97 Å². The van der Waals surface area contributed by atoms with E-state index < -0.39 is 22.8 Å². The Balaban J connectivity index is 2.17. The highest BCUT2D eigenvalue weighted by Gasteiger charge is 2.22. The van der Waals surface area contributed by atoms with E-state index in [0.29, 0.717) is 0 Å². The Morgan fingerprint density at radius 1 is 1.21 bits per heavy atom. The third-order valence-electron chi connectivity index (χ3n) is 3.30. The number of non-ortho nitro benzene ring substituents is 1. The average Bonchev–Trinajstić information content (AvgIpc) is 2.56. The van der Waals surface area contributed by atoms with Crippen molar-refractivity contribution in [3.05, 3.63) is 73.3 Å². The Morgan fingerprint density at radius 2 is 1.92 bits per heavy atom. The van der Waals surface area contributed by atoms with Crippen LogP contribution in [0.25, 0.3) is 0 Å². The topological polar surface area (TPSA) is 110 Å². The van der Waals surface area contributed by atoms with Crippen LogP contribution >= 0.6 is 22.6 Å². The smallest absolute Gasteiger partial charge is 0.326 e. The molecular formula is C16H13IN2O5. The lowest BCUT2D eigenvalue weighted by Gasteiger charge is -2.15. The molecule has 0 unspecified atom stereocenters. The average molecular weight is 440 g/mol. The van der Waals surface area contributed by atoms with Crippen molar-refractivity contribution < 1.29 is 19.6 Å². The van der Waals surface area contributed by atoms with E-state index >= 15 is 0 Å². The molecular weight excluding hydrogens is 427 g/mol. The summed E-state index contributed by atoms with van der Waals surface area (Å²) in [6.07, 6.45) is 0.120. The first kappa shape index (κ1) is 17.9. The molecule has 0 saturated heterocycles. The van der Waals surface area contributed by atoms with Crippen molar-refractivity contribution in [2.24, 2.45) is 0 Å². The van der Waals surface area contributed by atoms with Crippen molar-refractivity contribution in [1.29, 1.82) is 0 Å². The zero-order valence-corrected chi connectivity index (χ0v) is 14.5. The molecule has 2 aromatic rings. The number of amides is 1. The number of nitrogens with zero attached hydrogens (tertiary/aromatic N) is 1. The molecule has 8 heteroatoms. The fourth-order valence-corrected chi connectivity index (χ4v) is 2.69. The van der Waals surface area contributed by atoms with Gasteiger partial charge in [0.25, 0.3) is 11.6 Å². The molecule has 1 atom stereocenters. The first-order valence-electron chi connectivity index (χ1n) is 6.90. The van der Waals surface area contributed by atoms with Crippen LogP contribution in [0.2, 0.25) is 0 Å². The number of rotatable bonds is 6. The van der Waals surface area contributed by atoms with E-state index in [-0.39, 0.29) is 17.7 Å². The van der Waals surface area contributed by atoms with Crippen molar-refractivity contribution in [2.45, 2.75) is 12.5 Å². The van der Waals surface area contributed by atoms with Gasteiger partial charge in [0.2, 0.25) is 0 Å². The standard InChI is InChI=1S/C16H13IN2O5/c17-13-7-2-1-4-10(13)9-14(16(21)22)18-15(20)11-5-3-6-12(8-11)19(23)24/h1-8,14H,9H2,(H,18,20)(H,21,22)/t14-/m1/s1. The van der Waals surface area contributed by atoms with Crippen LogP contribution < -0.4 is 5.32 Å². The number of carboxylic acids is 1. The molecule has 0 fully saturated rings. The van der Waals surface area contributed by atoms with E-state index in [9.17, 15) is 24.8 Å². The summed E-state index contributed by atoms with van der Waals surface area (Å²) in [5.41, 5.74) is 0.607. The van der Waals surface area contributed by atoms with Crippen LogP contribution in [0.3, 0.4) is 0 Å². The fourth-order valence-electron chi connectivity index (χ4n) is 2.09. The summed E-state index contributed by atoms with van der Waals surface area (Å²) in [7, 11) is 0. The number of nitrogens with one attached hydrogen (secondary N) is 1. The minimum Gasteiger partial charge on any atom is -0.480 e. The number of benzene rings is 2. The number of carboxylic acid groups (broad SMARTS) is 1. The first-order chi connectivity index (χ1) is 11.4. The lowest BCUT2D eigenvalue weighted by atomic mass is 10.1. The van der Waals surface area contributed by atoms with Gasteiger partial charge in [-0.3, -0.25) is 14.9 Å². The van der Waals surface area contributed by atoms with Gasteiger partial charge in [0.15, 0.2) is 0 Å². The molecule has 0 aromatic heterocycles. The number of aliphatic carboxylic acids is 1. The molecule has 1 amide bonds. The molecule has 0 radical (unpaired) electrons. The summed E-state index contributed by atoms with van der Waals surface area (Å²) in [4.78, 5) is 33.8. The summed E-state index contributed by atoms with van der Waals surface area (Å²) in [5.74, 6) is -1.84. The first-order valence-corrected chi connectivity index (χ1v) is 7.98. The minimum atomic E-state index is -1.17. The Morgan fingerprint density at radius 3 is 2.54 bits per heavy atom. The SMILES string of the molecule is O=C(N[C@H](Cc1ccccc1I)C(=O)O)c1cccc([N+](=O)[O-])c1. The van der Waals surface area contributed by atoms with Gasteiger partial charge in [0, 0.05) is 27.7 Å². The van der Waals surface area contributed by atoms with Gasteiger partial charge in [-0.1, -0.05) is 24.3 Å². The highest BCUT2D eigenvalue weighted by Crippen LogP contribution is 2.15. The summed E-state index contributed by atoms with van der Waals surface area (Å²) >= 11 is 2.09. The fraction of sp³-hybridized carbons (Fsp3) is 0.125. The molecule has 2 rings (SSSR count). The number of halogens is 1. The van der Waals surface area contributed by atoms with E-state index in [1.807, 2.05) is 12.1 Å². The van der Waals surface area contributed by atoms with Gasteiger partial charge in [-0.05, 0) is 40.3 Å². The third-order valence-corrected chi connectivity index (χ3v) is 4.36. The quantitative estimate of drug-likeness (QED) is 0.408. The molecule has 124 valence electrons. The Labute approximate surface area is 151 Å². The summed E-state index contributed by atoms with van der Waals surface area (Å²) < 4.78 is 0.894. The van der Waals surface area contributed by atoms with Gasteiger partial charge in [0.1, 0.15) is 6.04 Å². The molecule has 0 aliphatic rings. The van der Waals surface area contributed by atoms with Crippen molar-refractivity contribution >= 4 is 40.2 Å². The van der Waals surface area contributed by atoms with Gasteiger partial charge in [-0.15, -0.1) is 0 Å². The molecule has 0 aliphatic heterocycles. The molecule has 0 bridgehead atoms. The Hall–Kier alpha value is -2.49. The van der Waals surface area contributed by atoms with E-state index in [2.05, 4.69) is 27.9 Å². The highest BCUT2D eigenvalue weighted by molar-refractivity contribution is 14.1. The number of hydrogen-bond donors (Lipinski definition) is 2. The van der Waals surface area contributed by atoms with Crippen LogP contribution in [0, 0.1) is 13.7 Å². The van der Waals surface area contributed by atoms with E-state index in [0.717, 1.165) is 15.2 Å². The van der Waals surface area contributed by atoms with Crippen molar-refractivity contribution in [3.8, 4) is 0 Å². The molecule has 2 aromatic carbocycles. The van der Waals surface area contributed by atoms with Crippen LogP contribution in [0.5, 0.6) is 0 Å². The van der Waals surface area contributed by atoms with Crippen LogP contribution in [-0.2, 0) is 11.2 Å². The van der Waals surface area contributed by atoms with Gasteiger partial charge in [0.05, 0.1) is 4.92 Å². The third kappa shape index (κ3) is 4.51. The summed E-state index contributed by atoms with van der Waals surface area (Å²) in [6.45, 7) is 0. The zero-order chi connectivity index (χ0) is 17.7. The minimum absolute atomic E-state index is 0.0400. The van der Waals surface area contributed by atoms with E-state index in [1.165, 1.54) is 18.2 Å². The van der Waals surface area contributed by atoms with E-state index in [4.69, 9.17) is 0 Å². The van der Waals surface area contributed by atoms with Crippen molar-refractivity contribution in [1.82, 2.24) is 5.32 Å². The van der Waals surface area contributed by atoms with Crippen LogP contribution in [-0.4, -0.2) is 27.9 Å². The largest absolute Gasteiger partial charge is 0.480 e. The molecule has 2 N–H and O–H groups in total. The van der Waals surface area contributed by atoms with Gasteiger partial charge in [-0.2, -0.15) is 0 Å². The maximum atomic E-state index is 12.2. The van der Waals surface area contributed by atoms with Crippen molar-refractivity contribution in [2.75, 3.05) is 0 Å². The lowest BCUT2D eigenvalue weighted by Crippen LogP contribution is -2.42. The normalized spacial score (nSPS) is 11.5. The Kier molecular flexibility index (Phi) is 5.85. The lowest BCUT2D eigenvalue weighted by molar-refractivity contribution is -0.384. The zero-order valence-electron chi connectivity index (χ0n) is 12.3. The second-order valence-electron chi connectivity index (χ2n) is 4.97. The molecule has 0 saturated carbocycles. The number of hydrogen-bond acceptors (Lipinski definition) is 4. The number of nitro groups is 1. The van der Waals surface area contributed by atoms with Gasteiger partial charge in [-0.25, -0.2) is 4.79 Å². The number of carbonyl (C=O) groups excluding carboxylic acids is 1. The maximum Gasteiger partial charge on any atom is 0.326 e. The predicted molar refractivity (Wildman–Crippen MR) is 94.8 cm³/mol. The molecule has 0 aliphatic carbocycles. The number of nitro benzene ring substituents is 1. The predicted octanol–water partition coefficient (Wildman–Crippen LogP) is 2.63. The molecule has 24 heavy (non-hydrogen) atoms. The van der Waals surface area contributed by atoms with Crippen molar-refractivity contribution in [3.63, 3.8) is 0 Å². The molecule has 0 spiro atoms. The monoisotopic (exact) mass is 440 g/mol. The second kappa shape index (κ2) is 7.86. The maximum absolute atomic E-state index is 12.2. The van der Waals surface area contributed by atoms with Crippen LogP contribution in [0.15, 0.2) is 48.5 Å². The second-order valence-corrected chi connectivity index (χ2v) is 6.13. The summed E-state index contributed by atoms with van der Waals surface area (Å²) in [6, 6.07) is 11.3. The summed E-state index contributed by atoms with van der Waals surface area (Å²) in [5, 5.41) is 22.5. The molecule has 7 nitrogen and oxygen atoms in total. The Bertz CT molecular complexity index is 794. The van der Waals surface area contributed by atoms with Gasteiger partial charge < -0.3 is 10.4 Å². The highest BCUT2D eigenvalue weighted by atomic mass is 127. The van der Waals surface area contributed by atoms with Crippen LogP contribution in [0.1, 0.15) is 15.9 Å². The van der Waals surface area contributed by atoms with Crippen LogP contribution in [0.4, 0.5) is 5.69 Å². The van der Waals surface area contributed by atoms with E-state index in [1.54, 1.807) is 12.1 Å². The molecule has 0 heterocycles.